The molecule has 1 saturated heterocycles. The summed E-state index contributed by atoms with van der Waals surface area (Å²) in [5.41, 5.74) is 1.46. The van der Waals surface area contributed by atoms with Crippen LogP contribution in [0.1, 0.15) is 25.7 Å². The Labute approximate surface area is 127 Å². The summed E-state index contributed by atoms with van der Waals surface area (Å²) in [4.78, 5) is 4.20. The fourth-order valence-corrected chi connectivity index (χ4v) is 3.10. The van der Waals surface area contributed by atoms with Crippen molar-refractivity contribution in [1.82, 2.24) is 14.9 Å². The quantitative estimate of drug-likeness (QED) is 0.913. The fraction of sp³-hybridized carbons (Fsp3) is 0.533. The van der Waals surface area contributed by atoms with E-state index in [1.807, 2.05) is 4.57 Å². The second-order valence-electron chi connectivity index (χ2n) is 5.61. The third kappa shape index (κ3) is 3.20. The van der Waals surface area contributed by atoms with Gasteiger partial charge >= 0.3 is 0 Å². The van der Waals surface area contributed by atoms with Crippen LogP contribution in [0.4, 0.5) is 4.39 Å². The molecule has 0 amide bonds. The average Bonchev–Trinajstić information content (AvgIpc) is 2.84. The molecule has 0 aliphatic carbocycles. The van der Waals surface area contributed by atoms with E-state index in [4.69, 9.17) is 11.6 Å². The lowest BCUT2D eigenvalue weighted by Crippen LogP contribution is -2.44. The summed E-state index contributed by atoms with van der Waals surface area (Å²) in [5.74, 6) is -0.441. The number of hydrogen-bond donors (Lipinski definition) is 2. The van der Waals surface area contributed by atoms with Crippen molar-refractivity contribution in [1.29, 1.82) is 0 Å². The summed E-state index contributed by atoms with van der Waals surface area (Å²) in [6.07, 6.45) is 5.21. The molecule has 2 heterocycles. The summed E-state index contributed by atoms with van der Waals surface area (Å²) >= 11 is 5.83. The first kappa shape index (κ1) is 14.8. The van der Waals surface area contributed by atoms with E-state index in [1.54, 1.807) is 12.4 Å². The number of imidazole rings is 1. The number of piperidine rings is 1. The largest absolute Gasteiger partial charge is 0.392 e. The molecule has 1 aliphatic rings. The second kappa shape index (κ2) is 6.30. The molecule has 2 N–H and O–H groups in total. The van der Waals surface area contributed by atoms with Crippen LogP contribution in [-0.4, -0.2) is 33.3 Å². The van der Waals surface area contributed by atoms with Crippen LogP contribution < -0.4 is 5.32 Å². The second-order valence-corrected chi connectivity index (χ2v) is 6.01. The Bertz CT molecular complexity index is 631. The van der Waals surface area contributed by atoms with Gasteiger partial charge in [-0.05, 0) is 38.3 Å². The van der Waals surface area contributed by atoms with E-state index in [2.05, 4.69) is 10.3 Å². The molecule has 2 atom stereocenters. The van der Waals surface area contributed by atoms with Crippen molar-refractivity contribution in [3.05, 3.63) is 29.3 Å². The molecule has 0 bridgehead atoms. The number of benzene rings is 1. The van der Waals surface area contributed by atoms with Crippen LogP contribution in [0.5, 0.6) is 0 Å². The highest BCUT2D eigenvalue weighted by molar-refractivity contribution is 6.31. The smallest absolute Gasteiger partial charge is 0.144 e. The molecule has 1 fully saturated rings. The molecule has 0 saturated carbocycles. The molecule has 2 aromatic rings. The zero-order valence-corrected chi connectivity index (χ0v) is 12.5. The molecule has 21 heavy (non-hydrogen) atoms. The minimum atomic E-state index is -0.441. The lowest BCUT2D eigenvalue weighted by Gasteiger charge is -2.29. The fourth-order valence-electron chi connectivity index (χ4n) is 2.94. The Morgan fingerprint density at radius 2 is 2.33 bits per heavy atom. The molecule has 114 valence electrons. The lowest BCUT2D eigenvalue weighted by molar-refractivity contribution is 0.0909. The van der Waals surface area contributed by atoms with Crippen LogP contribution >= 0.6 is 11.6 Å². The number of aryl methyl sites for hydroxylation is 1. The van der Waals surface area contributed by atoms with Gasteiger partial charge in [0.25, 0.3) is 0 Å². The minimum absolute atomic E-state index is 0.119. The number of aromatic nitrogens is 2. The maximum atomic E-state index is 13.4. The topological polar surface area (TPSA) is 50.1 Å². The van der Waals surface area contributed by atoms with Crippen molar-refractivity contribution in [3.8, 4) is 0 Å². The van der Waals surface area contributed by atoms with Gasteiger partial charge in [-0.1, -0.05) is 11.6 Å². The number of aliphatic hydroxyl groups is 1. The zero-order chi connectivity index (χ0) is 14.8. The highest BCUT2D eigenvalue weighted by Crippen LogP contribution is 2.22. The van der Waals surface area contributed by atoms with Gasteiger partial charge in [-0.3, -0.25) is 0 Å². The van der Waals surface area contributed by atoms with Gasteiger partial charge in [0.2, 0.25) is 0 Å². The first-order valence-corrected chi connectivity index (χ1v) is 7.74. The lowest BCUT2D eigenvalue weighted by atomic mass is 9.97. The summed E-state index contributed by atoms with van der Waals surface area (Å²) < 4.78 is 15.4. The van der Waals surface area contributed by atoms with Crippen LogP contribution in [-0.2, 0) is 6.54 Å². The highest BCUT2D eigenvalue weighted by Gasteiger charge is 2.21. The van der Waals surface area contributed by atoms with Gasteiger partial charge in [0.15, 0.2) is 0 Å². The van der Waals surface area contributed by atoms with Gasteiger partial charge in [-0.25, -0.2) is 9.37 Å². The first-order chi connectivity index (χ1) is 10.1. The first-order valence-electron chi connectivity index (χ1n) is 7.36. The van der Waals surface area contributed by atoms with E-state index in [0.717, 1.165) is 44.3 Å². The van der Waals surface area contributed by atoms with E-state index in [9.17, 15) is 9.50 Å². The van der Waals surface area contributed by atoms with Gasteiger partial charge < -0.3 is 15.0 Å². The molecular formula is C15H19ClFN3O. The Hall–Kier alpha value is -1.17. The Morgan fingerprint density at radius 1 is 1.48 bits per heavy atom. The number of nitrogens with zero attached hydrogens (tertiary/aromatic N) is 2. The van der Waals surface area contributed by atoms with Gasteiger partial charge in [0, 0.05) is 18.7 Å². The standard InChI is InChI=1S/C15H19ClFN3O/c16-10-7-14-13(8-11(10)17)19-9-20(14)6-2-3-12-15(21)4-1-5-18-12/h7-9,12,15,18,21H,1-6H2/t12-,15+/m1/s1. The number of fused-ring (bicyclic) bond motifs is 1. The van der Waals surface area contributed by atoms with Gasteiger partial charge in [-0.15, -0.1) is 0 Å². The minimum Gasteiger partial charge on any atom is -0.392 e. The summed E-state index contributed by atoms with van der Waals surface area (Å²) in [6, 6.07) is 3.16. The van der Waals surface area contributed by atoms with Crippen molar-refractivity contribution in [2.24, 2.45) is 0 Å². The SMILES string of the molecule is O[C@H]1CCCN[C@@H]1CCCn1cnc2cc(F)c(Cl)cc21. The molecule has 0 unspecified atom stereocenters. The van der Waals surface area contributed by atoms with Crippen LogP contribution in [0.2, 0.25) is 5.02 Å². The normalized spacial score (nSPS) is 22.8. The Kier molecular flexibility index (Phi) is 4.42. The Balaban J connectivity index is 1.64. The molecular weight excluding hydrogens is 293 g/mol. The maximum absolute atomic E-state index is 13.4. The number of nitrogens with one attached hydrogen (secondary N) is 1. The molecule has 1 aromatic carbocycles. The molecule has 1 aromatic heterocycles. The third-order valence-corrected chi connectivity index (χ3v) is 4.41. The molecule has 4 nitrogen and oxygen atoms in total. The van der Waals surface area contributed by atoms with Gasteiger partial charge in [-0.2, -0.15) is 0 Å². The number of rotatable bonds is 4. The molecule has 3 rings (SSSR count). The van der Waals surface area contributed by atoms with Crippen molar-refractivity contribution >= 4 is 22.6 Å². The van der Waals surface area contributed by atoms with E-state index >= 15 is 0 Å². The van der Waals surface area contributed by atoms with Gasteiger partial charge in [0.05, 0.1) is 28.5 Å². The van der Waals surface area contributed by atoms with Crippen LogP contribution in [0.3, 0.4) is 0 Å². The van der Waals surface area contributed by atoms with Crippen LogP contribution in [0, 0.1) is 5.82 Å². The molecule has 0 radical (unpaired) electrons. The summed E-state index contributed by atoms with van der Waals surface area (Å²) in [7, 11) is 0. The monoisotopic (exact) mass is 311 g/mol. The predicted molar refractivity (Wildman–Crippen MR) is 81.0 cm³/mol. The van der Waals surface area contributed by atoms with Crippen LogP contribution in [0.15, 0.2) is 18.5 Å². The molecule has 6 heteroatoms. The van der Waals surface area contributed by atoms with Crippen molar-refractivity contribution in [2.75, 3.05) is 6.54 Å². The summed E-state index contributed by atoms with van der Waals surface area (Å²) in [5, 5.41) is 13.4. The van der Waals surface area contributed by atoms with Crippen molar-refractivity contribution in [2.45, 2.75) is 44.4 Å². The van der Waals surface area contributed by atoms with E-state index in [0.29, 0.717) is 5.52 Å². The molecule has 1 aliphatic heterocycles. The van der Waals surface area contributed by atoms with Crippen molar-refractivity contribution in [3.63, 3.8) is 0 Å². The summed E-state index contributed by atoms with van der Waals surface area (Å²) in [6.45, 7) is 1.76. The molecule has 0 spiro atoms. The number of aliphatic hydroxyl groups excluding tert-OH is 1. The maximum Gasteiger partial charge on any atom is 0.144 e. The van der Waals surface area contributed by atoms with Gasteiger partial charge in [0.1, 0.15) is 5.82 Å². The third-order valence-electron chi connectivity index (χ3n) is 4.12. The number of halogens is 2. The average molecular weight is 312 g/mol. The Morgan fingerprint density at radius 3 is 3.14 bits per heavy atom. The predicted octanol–water partition coefficient (Wildman–Crippen LogP) is 2.72. The van der Waals surface area contributed by atoms with Crippen molar-refractivity contribution < 1.29 is 9.50 Å². The van der Waals surface area contributed by atoms with E-state index < -0.39 is 5.82 Å². The zero-order valence-electron chi connectivity index (χ0n) is 11.7. The van der Waals surface area contributed by atoms with E-state index in [-0.39, 0.29) is 17.2 Å². The highest BCUT2D eigenvalue weighted by atomic mass is 35.5. The van der Waals surface area contributed by atoms with E-state index in [1.165, 1.54) is 6.07 Å². The van der Waals surface area contributed by atoms with Crippen LogP contribution in [0.25, 0.3) is 11.0 Å². The number of hydrogen-bond acceptors (Lipinski definition) is 3.